The van der Waals surface area contributed by atoms with Gasteiger partial charge in [0, 0.05) is 19.6 Å². The van der Waals surface area contributed by atoms with Gasteiger partial charge in [-0.2, -0.15) is 4.98 Å². The van der Waals surface area contributed by atoms with Crippen LogP contribution in [0.25, 0.3) is 0 Å². The van der Waals surface area contributed by atoms with E-state index in [1.165, 1.54) is 0 Å². The summed E-state index contributed by atoms with van der Waals surface area (Å²) in [5.41, 5.74) is 1.15. The average Bonchev–Trinajstić information content (AvgIpc) is 2.81. The van der Waals surface area contributed by atoms with E-state index in [-0.39, 0.29) is 12.6 Å². The Morgan fingerprint density at radius 1 is 1.33 bits per heavy atom. The molecule has 1 heterocycles. The summed E-state index contributed by atoms with van der Waals surface area (Å²) in [6.45, 7) is 2.42. The van der Waals surface area contributed by atoms with Crippen LogP contribution in [0, 0.1) is 6.92 Å². The van der Waals surface area contributed by atoms with E-state index in [0.717, 1.165) is 5.56 Å². The largest absolute Gasteiger partial charge is 0.396 e. The molecule has 0 fully saturated rings. The maximum atomic E-state index is 9.11. The van der Waals surface area contributed by atoms with Crippen molar-refractivity contribution in [2.75, 3.05) is 6.61 Å². The smallest absolute Gasteiger partial charge is 0.223 e. The van der Waals surface area contributed by atoms with E-state index in [9.17, 15) is 0 Å². The van der Waals surface area contributed by atoms with Gasteiger partial charge in [0.25, 0.3) is 0 Å². The summed E-state index contributed by atoms with van der Waals surface area (Å²) >= 11 is 0. The normalized spacial score (nSPS) is 12.6. The molecule has 0 aliphatic rings. The molecule has 0 aliphatic heterocycles. The minimum Gasteiger partial charge on any atom is -0.396 e. The van der Waals surface area contributed by atoms with Crippen LogP contribution >= 0.6 is 0 Å². The van der Waals surface area contributed by atoms with Crippen molar-refractivity contribution < 1.29 is 9.63 Å². The minimum absolute atomic E-state index is 0.0926. The van der Waals surface area contributed by atoms with Crippen LogP contribution < -0.4 is 5.32 Å². The maximum absolute atomic E-state index is 9.11. The number of nitrogens with one attached hydrogen (secondary N) is 1. The molecule has 5 heteroatoms. The lowest BCUT2D eigenvalue weighted by molar-refractivity contribution is 0.264. The van der Waals surface area contributed by atoms with Gasteiger partial charge in [-0.05, 0) is 12.0 Å². The molecule has 1 aromatic heterocycles. The fraction of sp³-hybridized carbons (Fsp3) is 0.385. The minimum atomic E-state index is 0.0926. The number of hydrogen-bond acceptors (Lipinski definition) is 5. The monoisotopic (exact) mass is 247 g/mol. The van der Waals surface area contributed by atoms with Gasteiger partial charge in [-0.25, -0.2) is 0 Å². The molecule has 0 amide bonds. The number of aryl methyl sites for hydroxylation is 1. The highest BCUT2D eigenvalue weighted by Crippen LogP contribution is 2.16. The molecule has 0 aliphatic carbocycles. The third-order valence-corrected chi connectivity index (χ3v) is 2.70. The Balaban J connectivity index is 1.98. The van der Waals surface area contributed by atoms with Crippen LogP contribution in [0.15, 0.2) is 34.9 Å². The van der Waals surface area contributed by atoms with E-state index in [1.807, 2.05) is 30.3 Å². The Morgan fingerprint density at radius 3 is 2.72 bits per heavy atom. The molecule has 18 heavy (non-hydrogen) atoms. The summed E-state index contributed by atoms with van der Waals surface area (Å²) in [6, 6.07) is 10.1. The Hall–Kier alpha value is -1.72. The Labute approximate surface area is 106 Å². The highest BCUT2D eigenvalue weighted by molar-refractivity contribution is 5.18. The predicted octanol–water partition coefficient (Wildman–Crippen LogP) is 1.59. The highest BCUT2D eigenvalue weighted by atomic mass is 16.5. The number of nitrogens with zero attached hydrogens (tertiary/aromatic N) is 2. The van der Waals surface area contributed by atoms with Gasteiger partial charge in [0.2, 0.25) is 5.89 Å². The molecule has 2 rings (SSSR count). The standard InChI is InChI=1S/C13H17N3O2/c1-10-15-13(16-18-10)9-14-12(7-8-17)11-5-3-2-4-6-11/h2-6,12,14,17H,7-9H2,1H3. The van der Waals surface area contributed by atoms with Crippen LogP contribution in [0.1, 0.15) is 29.7 Å². The van der Waals surface area contributed by atoms with Crippen molar-refractivity contribution in [2.45, 2.75) is 25.9 Å². The summed E-state index contributed by atoms with van der Waals surface area (Å²) in [5, 5.41) is 16.3. The van der Waals surface area contributed by atoms with E-state index >= 15 is 0 Å². The van der Waals surface area contributed by atoms with Gasteiger partial charge in [-0.3, -0.25) is 0 Å². The van der Waals surface area contributed by atoms with E-state index < -0.39 is 0 Å². The number of aromatic nitrogens is 2. The molecule has 2 N–H and O–H groups in total. The number of aliphatic hydroxyl groups is 1. The van der Waals surface area contributed by atoms with Crippen molar-refractivity contribution in [1.29, 1.82) is 0 Å². The van der Waals surface area contributed by atoms with Gasteiger partial charge in [0.15, 0.2) is 5.82 Å². The molecule has 0 saturated heterocycles. The van der Waals surface area contributed by atoms with Crippen LogP contribution in [0.5, 0.6) is 0 Å². The molecule has 96 valence electrons. The quantitative estimate of drug-likeness (QED) is 0.811. The zero-order chi connectivity index (χ0) is 12.8. The second-order valence-corrected chi connectivity index (χ2v) is 4.09. The molecule has 0 saturated carbocycles. The van der Waals surface area contributed by atoms with Gasteiger partial charge in [0.1, 0.15) is 0 Å². The van der Waals surface area contributed by atoms with Gasteiger partial charge >= 0.3 is 0 Å². The SMILES string of the molecule is Cc1nc(CNC(CCO)c2ccccc2)no1. The van der Waals surface area contributed by atoms with Gasteiger partial charge in [-0.15, -0.1) is 0 Å². The first kappa shape index (κ1) is 12.7. The third-order valence-electron chi connectivity index (χ3n) is 2.70. The molecule has 0 radical (unpaired) electrons. The van der Waals surface area contributed by atoms with E-state index in [4.69, 9.17) is 9.63 Å². The fourth-order valence-corrected chi connectivity index (χ4v) is 1.83. The Morgan fingerprint density at radius 2 is 2.11 bits per heavy atom. The number of hydrogen-bond donors (Lipinski definition) is 2. The first-order valence-electron chi connectivity index (χ1n) is 5.98. The molecular weight excluding hydrogens is 230 g/mol. The number of aliphatic hydroxyl groups excluding tert-OH is 1. The van der Waals surface area contributed by atoms with Crippen LogP contribution in [0.4, 0.5) is 0 Å². The van der Waals surface area contributed by atoms with Crippen LogP contribution in [0.3, 0.4) is 0 Å². The highest BCUT2D eigenvalue weighted by Gasteiger charge is 2.11. The predicted molar refractivity (Wildman–Crippen MR) is 66.8 cm³/mol. The van der Waals surface area contributed by atoms with Gasteiger partial charge < -0.3 is 14.9 Å². The van der Waals surface area contributed by atoms with E-state index in [2.05, 4.69) is 15.5 Å². The summed E-state index contributed by atoms with van der Waals surface area (Å²) in [6.07, 6.45) is 0.654. The zero-order valence-corrected chi connectivity index (χ0v) is 10.3. The van der Waals surface area contributed by atoms with Crippen molar-refractivity contribution in [1.82, 2.24) is 15.5 Å². The molecule has 5 nitrogen and oxygen atoms in total. The molecule has 1 unspecified atom stereocenters. The first-order chi connectivity index (χ1) is 8.79. The lowest BCUT2D eigenvalue weighted by atomic mass is 10.0. The Bertz CT molecular complexity index is 470. The average molecular weight is 247 g/mol. The van der Waals surface area contributed by atoms with Gasteiger partial charge in [-0.1, -0.05) is 35.5 Å². The fourth-order valence-electron chi connectivity index (χ4n) is 1.83. The number of benzene rings is 1. The van der Waals surface area contributed by atoms with E-state index in [1.54, 1.807) is 6.92 Å². The number of rotatable bonds is 6. The maximum Gasteiger partial charge on any atom is 0.223 e. The van der Waals surface area contributed by atoms with E-state index in [0.29, 0.717) is 24.7 Å². The van der Waals surface area contributed by atoms with Crippen molar-refractivity contribution in [3.63, 3.8) is 0 Å². The van der Waals surface area contributed by atoms with Crippen molar-refractivity contribution in [3.8, 4) is 0 Å². The zero-order valence-electron chi connectivity index (χ0n) is 10.3. The summed E-state index contributed by atoms with van der Waals surface area (Å²) in [7, 11) is 0. The van der Waals surface area contributed by atoms with Crippen molar-refractivity contribution in [3.05, 3.63) is 47.6 Å². The summed E-state index contributed by atoms with van der Waals surface area (Å²) in [4.78, 5) is 4.13. The third kappa shape index (κ3) is 3.38. The molecule has 2 aromatic rings. The van der Waals surface area contributed by atoms with Crippen molar-refractivity contribution >= 4 is 0 Å². The second-order valence-electron chi connectivity index (χ2n) is 4.09. The molecule has 0 spiro atoms. The molecule has 1 aromatic carbocycles. The van der Waals surface area contributed by atoms with Crippen LogP contribution in [-0.4, -0.2) is 21.9 Å². The second kappa shape index (κ2) is 6.28. The lowest BCUT2D eigenvalue weighted by Crippen LogP contribution is -2.22. The van der Waals surface area contributed by atoms with Gasteiger partial charge in [0.05, 0.1) is 6.54 Å². The molecule has 1 atom stereocenters. The summed E-state index contributed by atoms with van der Waals surface area (Å²) in [5.74, 6) is 1.19. The summed E-state index contributed by atoms with van der Waals surface area (Å²) < 4.78 is 4.91. The Kier molecular flexibility index (Phi) is 4.44. The lowest BCUT2D eigenvalue weighted by Gasteiger charge is -2.17. The molecule has 0 bridgehead atoms. The topological polar surface area (TPSA) is 71.2 Å². The van der Waals surface area contributed by atoms with Crippen molar-refractivity contribution in [2.24, 2.45) is 0 Å². The first-order valence-corrected chi connectivity index (χ1v) is 5.98. The van der Waals surface area contributed by atoms with Crippen LogP contribution in [0.2, 0.25) is 0 Å². The molecular formula is C13H17N3O2. The van der Waals surface area contributed by atoms with Crippen LogP contribution in [-0.2, 0) is 6.54 Å².